The number of fused-ring (bicyclic) bond motifs is 1. The van der Waals surface area contributed by atoms with E-state index in [9.17, 15) is 0 Å². The number of hydrogen-bond acceptors (Lipinski definition) is 3. The van der Waals surface area contributed by atoms with Crippen molar-refractivity contribution in [3.63, 3.8) is 0 Å². The largest absolute Gasteiger partial charge is 0.440 e. The molecule has 0 saturated carbocycles. The minimum absolute atomic E-state index is 0.300. The van der Waals surface area contributed by atoms with Gasteiger partial charge in [-0.3, -0.25) is 0 Å². The fourth-order valence-electron chi connectivity index (χ4n) is 1.46. The molecular formula is C13H14N2O. The van der Waals surface area contributed by atoms with Gasteiger partial charge in [0, 0.05) is 11.6 Å². The Morgan fingerprint density at radius 2 is 2.31 bits per heavy atom. The molecule has 0 bridgehead atoms. The van der Waals surface area contributed by atoms with Crippen LogP contribution in [0.25, 0.3) is 11.1 Å². The molecule has 0 unspecified atom stereocenters. The van der Waals surface area contributed by atoms with Crippen molar-refractivity contribution in [2.75, 3.05) is 11.9 Å². The summed E-state index contributed by atoms with van der Waals surface area (Å²) in [6.45, 7) is 4.63. The Balaban J connectivity index is 2.35. The van der Waals surface area contributed by atoms with E-state index >= 15 is 0 Å². The van der Waals surface area contributed by atoms with Crippen molar-refractivity contribution in [1.29, 1.82) is 0 Å². The van der Waals surface area contributed by atoms with Crippen LogP contribution in [0.15, 0.2) is 22.6 Å². The Kier molecular flexibility index (Phi) is 2.82. The predicted octanol–water partition coefficient (Wildman–Crippen LogP) is 3.00. The molecule has 0 atom stereocenters. The lowest BCUT2D eigenvalue weighted by Gasteiger charge is -2.00. The third-order valence-corrected chi connectivity index (χ3v) is 2.29. The fraction of sp³-hybridized carbons (Fsp3) is 0.308. The van der Waals surface area contributed by atoms with E-state index in [0.717, 1.165) is 22.7 Å². The van der Waals surface area contributed by atoms with Gasteiger partial charge in [0.2, 0.25) is 0 Å². The molecule has 82 valence electrons. The number of anilines is 1. The topological polar surface area (TPSA) is 38.1 Å². The van der Waals surface area contributed by atoms with E-state index in [2.05, 4.69) is 30.1 Å². The van der Waals surface area contributed by atoms with Gasteiger partial charge >= 0.3 is 0 Å². The van der Waals surface area contributed by atoms with Gasteiger partial charge in [0.1, 0.15) is 5.52 Å². The van der Waals surface area contributed by atoms with Crippen LogP contribution in [0.3, 0.4) is 0 Å². The fourth-order valence-corrected chi connectivity index (χ4v) is 1.46. The van der Waals surface area contributed by atoms with Crippen LogP contribution in [0, 0.1) is 12.3 Å². The molecule has 0 aliphatic heterocycles. The van der Waals surface area contributed by atoms with Crippen LogP contribution in [0.2, 0.25) is 0 Å². The molecule has 16 heavy (non-hydrogen) atoms. The van der Waals surface area contributed by atoms with E-state index in [1.807, 2.05) is 18.2 Å². The number of nitrogens with one attached hydrogen (secondary N) is 1. The summed E-state index contributed by atoms with van der Waals surface area (Å²) in [7, 11) is 0. The molecule has 2 aromatic rings. The third kappa shape index (κ3) is 2.01. The van der Waals surface area contributed by atoms with E-state index in [1.54, 1.807) is 0 Å². The van der Waals surface area contributed by atoms with Gasteiger partial charge in [-0.2, -0.15) is 0 Å². The zero-order chi connectivity index (χ0) is 11.5. The van der Waals surface area contributed by atoms with Crippen molar-refractivity contribution < 1.29 is 4.42 Å². The highest BCUT2D eigenvalue weighted by Gasteiger charge is 2.09. The Bertz CT molecular complexity index is 534. The first-order valence-corrected chi connectivity index (χ1v) is 5.28. The number of hydrogen-bond donors (Lipinski definition) is 1. The maximum Gasteiger partial charge on any atom is 0.198 e. The normalized spacial score (nSPS) is 10.6. The summed E-state index contributed by atoms with van der Waals surface area (Å²) in [5.74, 6) is 3.60. The second-order valence-corrected chi connectivity index (χ2v) is 3.95. The van der Waals surface area contributed by atoms with Crippen LogP contribution in [-0.2, 0) is 0 Å². The molecule has 1 aromatic heterocycles. The summed E-state index contributed by atoms with van der Waals surface area (Å²) >= 11 is 0. The number of terminal acetylenes is 1. The summed E-state index contributed by atoms with van der Waals surface area (Å²) in [6, 6.07) is 5.80. The summed E-state index contributed by atoms with van der Waals surface area (Å²) in [4.78, 5) is 4.42. The Hall–Kier alpha value is -1.95. The van der Waals surface area contributed by atoms with Crippen LogP contribution < -0.4 is 5.32 Å². The maximum atomic E-state index is 5.61. The van der Waals surface area contributed by atoms with E-state index in [0.29, 0.717) is 12.5 Å². The zero-order valence-corrected chi connectivity index (χ0v) is 9.45. The standard InChI is InChI=1S/C13H14N2O/c1-4-7-14-10-5-6-12-11(8-10)15-13(16-12)9(2)3/h1,5-6,8-9,14H,7H2,2-3H3. The van der Waals surface area contributed by atoms with Crippen LogP contribution >= 0.6 is 0 Å². The van der Waals surface area contributed by atoms with Gasteiger partial charge in [0.15, 0.2) is 11.5 Å². The molecule has 0 amide bonds. The Morgan fingerprint density at radius 3 is 3.00 bits per heavy atom. The van der Waals surface area contributed by atoms with Gasteiger partial charge in [-0.15, -0.1) is 6.42 Å². The minimum atomic E-state index is 0.300. The summed E-state index contributed by atoms with van der Waals surface area (Å²) in [5, 5.41) is 3.11. The molecular weight excluding hydrogens is 200 g/mol. The van der Waals surface area contributed by atoms with Crippen LogP contribution in [-0.4, -0.2) is 11.5 Å². The molecule has 0 fully saturated rings. The molecule has 1 N–H and O–H groups in total. The first kappa shape index (κ1) is 10.6. The van der Waals surface area contributed by atoms with Gasteiger partial charge in [-0.05, 0) is 18.2 Å². The minimum Gasteiger partial charge on any atom is -0.440 e. The molecule has 1 heterocycles. The number of oxazole rings is 1. The number of aromatic nitrogens is 1. The van der Waals surface area contributed by atoms with Gasteiger partial charge in [-0.1, -0.05) is 19.8 Å². The molecule has 3 heteroatoms. The average molecular weight is 214 g/mol. The summed E-state index contributed by atoms with van der Waals surface area (Å²) < 4.78 is 5.61. The first-order valence-electron chi connectivity index (χ1n) is 5.28. The van der Waals surface area contributed by atoms with Crippen molar-refractivity contribution in [2.24, 2.45) is 0 Å². The second-order valence-electron chi connectivity index (χ2n) is 3.95. The lowest BCUT2D eigenvalue weighted by Crippen LogP contribution is -1.97. The third-order valence-electron chi connectivity index (χ3n) is 2.29. The summed E-state index contributed by atoms with van der Waals surface area (Å²) in [6.07, 6.45) is 5.19. The van der Waals surface area contributed by atoms with Crippen LogP contribution in [0.1, 0.15) is 25.7 Å². The van der Waals surface area contributed by atoms with Crippen LogP contribution in [0.4, 0.5) is 5.69 Å². The van der Waals surface area contributed by atoms with Crippen molar-refractivity contribution in [3.8, 4) is 12.3 Å². The SMILES string of the molecule is C#CCNc1ccc2oc(C(C)C)nc2c1. The second kappa shape index (κ2) is 4.28. The van der Waals surface area contributed by atoms with Crippen molar-refractivity contribution in [3.05, 3.63) is 24.1 Å². The highest BCUT2D eigenvalue weighted by Crippen LogP contribution is 2.23. The monoisotopic (exact) mass is 214 g/mol. The molecule has 0 spiro atoms. The van der Waals surface area contributed by atoms with E-state index in [4.69, 9.17) is 10.8 Å². The average Bonchev–Trinajstić information content (AvgIpc) is 2.69. The van der Waals surface area contributed by atoms with Crippen LogP contribution in [0.5, 0.6) is 0 Å². The molecule has 1 aromatic carbocycles. The van der Waals surface area contributed by atoms with Crippen molar-refractivity contribution >= 4 is 16.8 Å². The highest BCUT2D eigenvalue weighted by molar-refractivity contribution is 5.77. The lowest BCUT2D eigenvalue weighted by atomic mass is 10.2. The van der Waals surface area contributed by atoms with Gasteiger partial charge < -0.3 is 9.73 Å². The number of benzene rings is 1. The molecule has 0 aliphatic rings. The molecule has 0 radical (unpaired) electrons. The van der Waals surface area contributed by atoms with Crippen molar-refractivity contribution in [1.82, 2.24) is 4.98 Å². The smallest absolute Gasteiger partial charge is 0.198 e. The highest BCUT2D eigenvalue weighted by atomic mass is 16.3. The quantitative estimate of drug-likeness (QED) is 0.798. The summed E-state index contributed by atoms with van der Waals surface area (Å²) in [5.41, 5.74) is 2.65. The predicted molar refractivity (Wildman–Crippen MR) is 65.4 cm³/mol. The van der Waals surface area contributed by atoms with Crippen molar-refractivity contribution in [2.45, 2.75) is 19.8 Å². The lowest BCUT2D eigenvalue weighted by molar-refractivity contribution is 0.501. The van der Waals surface area contributed by atoms with Gasteiger partial charge in [0.25, 0.3) is 0 Å². The molecule has 3 nitrogen and oxygen atoms in total. The van der Waals surface area contributed by atoms with E-state index < -0.39 is 0 Å². The molecule has 2 rings (SSSR count). The number of nitrogens with zero attached hydrogens (tertiary/aromatic N) is 1. The van der Waals surface area contributed by atoms with E-state index in [-0.39, 0.29) is 0 Å². The Morgan fingerprint density at radius 1 is 1.50 bits per heavy atom. The molecule has 0 saturated heterocycles. The molecule has 0 aliphatic carbocycles. The van der Waals surface area contributed by atoms with Gasteiger partial charge in [-0.25, -0.2) is 4.98 Å². The maximum absolute atomic E-state index is 5.61. The number of rotatable bonds is 3. The van der Waals surface area contributed by atoms with Gasteiger partial charge in [0.05, 0.1) is 6.54 Å². The van der Waals surface area contributed by atoms with E-state index in [1.165, 1.54) is 0 Å². The first-order chi connectivity index (χ1) is 7.70. The Labute approximate surface area is 94.9 Å². The zero-order valence-electron chi connectivity index (χ0n) is 9.45.